The molecule has 17 heavy (non-hydrogen) atoms. The normalized spacial score (nSPS) is 32.5. The highest BCUT2D eigenvalue weighted by atomic mass is 16.5. The third-order valence-electron chi connectivity index (χ3n) is 4.48. The predicted octanol–water partition coefficient (Wildman–Crippen LogP) is 2.32. The monoisotopic (exact) mass is 243 g/mol. The molecule has 0 aromatic rings. The zero-order chi connectivity index (χ0) is 13.1. The summed E-state index contributed by atoms with van der Waals surface area (Å²) in [5.41, 5.74) is 5.60. The van der Waals surface area contributed by atoms with Crippen molar-refractivity contribution in [3.63, 3.8) is 0 Å². The van der Waals surface area contributed by atoms with Crippen LogP contribution < -0.4 is 5.73 Å². The summed E-state index contributed by atoms with van der Waals surface area (Å²) in [6, 6.07) is 0. The Morgan fingerprint density at radius 1 is 1.53 bits per heavy atom. The predicted molar refractivity (Wildman–Crippen MR) is 70.8 cm³/mol. The summed E-state index contributed by atoms with van der Waals surface area (Å²) in [5, 5.41) is 10.5. The van der Waals surface area contributed by atoms with Crippen LogP contribution in [-0.2, 0) is 4.74 Å². The van der Waals surface area contributed by atoms with Crippen molar-refractivity contribution >= 4 is 0 Å². The number of nitrogens with two attached hydrogens (primary N) is 1. The average molecular weight is 243 g/mol. The van der Waals surface area contributed by atoms with Gasteiger partial charge in [-0.25, -0.2) is 0 Å². The third-order valence-corrected chi connectivity index (χ3v) is 4.48. The Labute approximate surface area is 106 Å². The van der Waals surface area contributed by atoms with E-state index in [2.05, 4.69) is 6.92 Å². The van der Waals surface area contributed by atoms with Gasteiger partial charge in [-0.15, -0.1) is 0 Å². The molecule has 3 heteroatoms. The molecule has 0 saturated heterocycles. The second-order valence-electron chi connectivity index (χ2n) is 6.45. The Balaban J connectivity index is 2.71. The van der Waals surface area contributed by atoms with E-state index in [1.807, 2.05) is 13.8 Å². The van der Waals surface area contributed by atoms with Crippen LogP contribution in [0.1, 0.15) is 52.9 Å². The first-order valence-electron chi connectivity index (χ1n) is 6.78. The topological polar surface area (TPSA) is 55.5 Å². The Kier molecular flexibility index (Phi) is 4.99. The summed E-state index contributed by atoms with van der Waals surface area (Å²) in [6.07, 6.45) is 4.85. The van der Waals surface area contributed by atoms with E-state index < -0.39 is 0 Å². The van der Waals surface area contributed by atoms with Crippen LogP contribution in [0, 0.1) is 11.3 Å². The second kappa shape index (κ2) is 5.68. The number of ether oxygens (including phenoxy) is 1. The Morgan fingerprint density at radius 3 is 2.65 bits per heavy atom. The minimum Gasteiger partial charge on any atom is -0.392 e. The molecule has 0 bridgehead atoms. The third kappa shape index (κ3) is 3.67. The first-order valence-corrected chi connectivity index (χ1v) is 6.78. The van der Waals surface area contributed by atoms with E-state index in [-0.39, 0.29) is 17.1 Å². The van der Waals surface area contributed by atoms with Crippen LogP contribution in [0.2, 0.25) is 0 Å². The molecule has 0 heterocycles. The first kappa shape index (κ1) is 14.9. The molecule has 1 saturated carbocycles. The molecule has 3 atom stereocenters. The zero-order valence-electron chi connectivity index (χ0n) is 11.8. The van der Waals surface area contributed by atoms with Gasteiger partial charge in [0.1, 0.15) is 0 Å². The minimum absolute atomic E-state index is 0.0898. The standard InChI is InChI=1S/C14H29NO2/c1-11-6-5-7-14(8-11,10-15)12(16)9-13(2,3)17-4/h11-12,16H,5-10,15H2,1-4H3. The molecule has 1 aliphatic carbocycles. The molecule has 0 aliphatic heterocycles. The van der Waals surface area contributed by atoms with Crippen LogP contribution in [0.4, 0.5) is 0 Å². The quantitative estimate of drug-likeness (QED) is 0.779. The molecular formula is C14H29NO2. The van der Waals surface area contributed by atoms with E-state index in [0.717, 1.165) is 12.8 Å². The summed E-state index contributed by atoms with van der Waals surface area (Å²) in [5.74, 6) is 0.674. The maximum atomic E-state index is 10.5. The van der Waals surface area contributed by atoms with E-state index in [9.17, 15) is 5.11 Å². The van der Waals surface area contributed by atoms with Crippen LogP contribution in [0.25, 0.3) is 0 Å². The molecule has 0 radical (unpaired) electrons. The van der Waals surface area contributed by atoms with Gasteiger partial charge in [0.05, 0.1) is 11.7 Å². The summed E-state index contributed by atoms with van der Waals surface area (Å²) in [4.78, 5) is 0. The van der Waals surface area contributed by atoms with Gasteiger partial charge in [-0.1, -0.05) is 19.8 Å². The Hall–Kier alpha value is -0.120. The van der Waals surface area contributed by atoms with Gasteiger partial charge in [-0.05, 0) is 32.6 Å². The maximum Gasteiger partial charge on any atom is 0.0647 e. The Bertz CT molecular complexity index is 242. The molecule has 3 N–H and O–H groups in total. The average Bonchev–Trinajstić information content (AvgIpc) is 2.28. The molecule has 1 rings (SSSR count). The van der Waals surface area contributed by atoms with Crippen molar-refractivity contribution in [1.29, 1.82) is 0 Å². The van der Waals surface area contributed by atoms with Gasteiger partial charge in [0.2, 0.25) is 0 Å². The van der Waals surface area contributed by atoms with Crippen LogP contribution in [0.15, 0.2) is 0 Å². The van der Waals surface area contributed by atoms with Crippen molar-refractivity contribution in [3.8, 4) is 0 Å². The van der Waals surface area contributed by atoms with Gasteiger partial charge >= 0.3 is 0 Å². The van der Waals surface area contributed by atoms with Crippen molar-refractivity contribution in [3.05, 3.63) is 0 Å². The van der Waals surface area contributed by atoms with Gasteiger partial charge in [-0.3, -0.25) is 0 Å². The van der Waals surface area contributed by atoms with Crippen molar-refractivity contribution in [2.45, 2.75) is 64.6 Å². The highest BCUT2D eigenvalue weighted by Crippen LogP contribution is 2.43. The van der Waals surface area contributed by atoms with E-state index in [1.165, 1.54) is 12.8 Å². The fraction of sp³-hybridized carbons (Fsp3) is 1.00. The highest BCUT2D eigenvalue weighted by molar-refractivity contribution is 4.94. The molecule has 1 fully saturated rings. The molecular weight excluding hydrogens is 214 g/mol. The zero-order valence-corrected chi connectivity index (χ0v) is 11.8. The van der Waals surface area contributed by atoms with Crippen molar-refractivity contribution in [2.24, 2.45) is 17.1 Å². The van der Waals surface area contributed by atoms with Crippen LogP contribution in [0.3, 0.4) is 0 Å². The first-order chi connectivity index (χ1) is 7.85. The summed E-state index contributed by atoms with van der Waals surface area (Å²) >= 11 is 0. The van der Waals surface area contributed by atoms with Crippen LogP contribution in [-0.4, -0.2) is 30.5 Å². The van der Waals surface area contributed by atoms with E-state index in [0.29, 0.717) is 18.9 Å². The largest absolute Gasteiger partial charge is 0.392 e. The van der Waals surface area contributed by atoms with Gasteiger partial charge < -0.3 is 15.6 Å². The fourth-order valence-corrected chi connectivity index (χ4v) is 3.09. The number of hydrogen-bond donors (Lipinski definition) is 2. The SMILES string of the molecule is COC(C)(C)CC(O)C1(CN)CCCC(C)C1. The molecule has 0 aromatic heterocycles. The van der Waals surface area contributed by atoms with Crippen LogP contribution >= 0.6 is 0 Å². The van der Waals surface area contributed by atoms with E-state index >= 15 is 0 Å². The molecule has 1 aliphatic rings. The number of aliphatic hydroxyl groups is 1. The van der Waals surface area contributed by atoms with Crippen molar-refractivity contribution < 1.29 is 9.84 Å². The molecule has 3 unspecified atom stereocenters. The molecule has 102 valence electrons. The van der Waals surface area contributed by atoms with Gasteiger partial charge in [0, 0.05) is 25.5 Å². The summed E-state index contributed by atoms with van der Waals surface area (Å²) < 4.78 is 5.41. The van der Waals surface area contributed by atoms with E-state index in [4.69, 9.17) is 10.5 Å². The summed E-state index contributed by atoms with van der Waals surface area (Å²) in [6.45, 7) is 6.88. The number of aliphatic hydroxyl groups excluding tert-OH is 1. The summed E-state index contributed by atoms with van der Waals surface area (Å²) in [7, 11) is 1.70. The van der Waals surface area contributed by atoms with Gasteiger partial charge in [0.15, 0.2) is 0 Å². The van der Waals surface area contributed by atoms with Crippen molar-refractivity contribution in [2.75, 3.05) is 13.7 Å². The lowest BCUT2D eigenvalue weighted by atomic mass is 9.65. The van der Waals surface area contributed by atoms with Gasteiger partial charge in [-0.2, -0.15) is 0 Å². The maximum absolute atomic E-state index is 10.5. The lowest BCUT2D eigenvalue weighted by Gasteiger charge is -2.44. The lowest BCUT2D eigenvalue weighted by Crippen LogP contribution is -2.47. The molecule has 0 spiro atoms. The molecule has 3 nitrogen and oxygen atoms in total. The minimum atomic E-state index is -0.356. The van der Waals surface area contributed by atoms with Crippen LogP contribution in [0.5, 0.6) is 0 Å². The smallest absolute Gasteiger partial charge is 0.0647 e. The number of methoxy groups -OCH3 is 1. The number of hydrogen-bond acceptors (Lipinski definition) is 3. The van der Waals surface area contributed by atoms with E-state index in [1.54, 1.807) is 7.11 Å². The number of rotatable bonds is 5. The molecule has 0 aromatic carbocycles. The van der Waals surface area contributed by atoms with Gasteiger partial charge in [0.25, 0.3) is 0 Å². The fourth-order valence-electron chi connectivity index (χ4n) is 3.09. The highest BCUT2D eigenvalue weighted by Gasteiger charge is 2.42. The lowest BCUT2D eigenvalue weighted by molar-refractivity contribution is -0.0758. The Morgan fingerprint density at radius 2 is 2.18 bits per heavy atom. The second-order valence-corrected chi connectivity index (χ2v) is 6.45. The van der Waals surface area contributed by atoms with Crippen molar-refractivity contribution in [1.82, 2.24) is 0 Å². The molecule has 0 amide bonds.